The minimum Gasteiger partial charge on any atom is -0.466 e. The van der Waals surface area contributed by atoms with E-state index < -0.39 is 74.2 Å². The summed E-state index contributed by atoms with van der Waals surface area (Å²) in [5.41, 5.74) is 6.54. The fourth-order valence-corrected chi connectivity index (χ4v) is 8.86. The molecular formula is C46H60BBrCl2F2N2O8S2. The first-order valence-electron chi connectivity index (χ1n) is 20.4. The van der Waals surface area contributed by atoms with Crippen LogP contribution >= 0.6 is 39.1 Å². The summed E-state index contributed by atoms with van der Waals surface area (Å²) < 4.78 is 69.7. The minimum absolute atomic E-state index is 0.0534. The van der Waals surface area contributed by atoms with Crippen molar-refractivity contribution < 1.29 is 46.3 Å². The van der Waals surface area contributed by atoms with Crippen molar-refractivity contribution in [1.29, 1.82) is 0 Å². The molecule has 0 aliphatic carbocycles. The number of benzene rings is 4. The van der Waals surface area contributed by atoms with Gasteiger partial charge >= 0.3 is 19.1 Å². The Morgan fingerprint density at radius 2 is 1.08 bits per heavy atom. The van der Waals surface area contributed by atoms with Crippen molar-refractivity contribution in [2.45, 2.75) is 118 Å². The highest BCUT2D eigenvalue weighted by molar-refractivity contribution is 9.10. The zero-order valence-corrected chi connectivity index (χ0v) is 43.1. The van der Waals surface area contributed by atoms with Gasteiger partial charge < -0.3 is 19.5 Å². The highest BCUT2D eigenvalue weighted by Gasteiger charge is 2.30. The molecule has 0 fully saturated rings. The summed E-state index contributed by atoms with van der Waals surface area (Å²) in [6.07, 6.45) is -0.321. The van der Waals surface area contributed by atoms with Gasteiger partial charge in [-0.3, -0.25) is 9.59 Å². The maximum absolute atomic E-state index is 15.1. The monoisotopic (exact) mass is 1030 g/mol. The lowest BCUT2D eigenvalue weighted by Gasteiger charge is -2.25. The molecule has 4 rings (SSSR count). The van der Waals surface area contributed by atoms with Gasteiger partial charge in [0.1, 0.15) is 11.6 Å². The largest absolute Gasteiger partial charge is 0.488 e. The van der Waals surface area contributed by atoms with Crippen LogP contribution in [-0.4, -0.2) is 60.2 Å². The Bertz CT molecular complexity index is 2250. The fraction of sp³-hybridized carbons (Fsp3) is 0.435. The van der Waals surface area contributed by atoms with Gasteiger partial charge in [-0.2, -0.15) is 0 Å². The number of halogens is 5. The number of aryl methyl sites for hydroxylation is 4. The molecule has 18 heteroatoms. The first kappa shape index (κ1) is 57.1. The molecule has 0 radical (unpaired) electrons. The van der Waals surface area contributed by atoms with Gasteiger partial charge in [0.05, 0.1) is 79.6 Å². The molecule has 0 spiro atoms. The van der Waals surface area contributed by atoms with Crippen LogP contribution in [0, 0.1) is 39.3 Å². The molecule has 0 heterocycles. The van der Waals surface area contributed by atoms with Crippen molar-refractivity contribution in [1.82, 2.24) is 9.44 Å². The number of hydrogen-bond acceptors (Lipinski definition) is 8. The van der Waals surface area contributed by atoms with Crippen LogP contribution in [0.25, 0.3) is 11.1 Å². The van der Waals surface area contributed by atoms with Gasteiger partial charge in [0.25, 0.3) is 0 Å². The smallest absolute Gasteiger partial charge is 0.466 e. The number of carbonyl (C=O) groups excluding carboxylic acids is 2. The number of hydrogen-bond donors (Lipinski definition) is 4. The topological polar surface area (TPSA) is 151 Å². The summed E-state index contributed by atoms with van der Waals surface area (Å²) in [7, 11) is -4.37. The second kappa shape index (κ2) is 25.7. The highest BCUT2D eigenvalue weighted by Crippen LogP contribution is 2.36. The van der Waals surface area contributed by atoms with E-state index in [-0.39, 0.29) is 47.2 Å². The van der Waals surface area contributed by atoms with Crippen molar-refractivity contribution in [2.75, 3.05) is 13.2 Å². The molecule has 0 bridgehead atoms. The molecule has 4 N–H and O–H groups in total. The van der Waals surface area contributed by atoms with Crippen molar-refractivity contribution >= 4 is 85.6 Å². The van der Waals surface area contributed by atoms with E-state index in [4.69, 9.17) is 42.7 Å². The van der Waals surface area contributed by atoms with E-state index in [2.05, 4.69) is 25.4 Å². The van der Waals surface area contributed by atoms with Gasteiger partial charge in [0.2, 0.25) is 0 Å². The second-order valence-electron chi connectivity index (χ2n) is 16.7. The minimum atomic E-state index is -1.53. The molecule has 352 valence electrons. The summed E-state index contributed by atoms with van der Waals surface area (Å²) in [5.74, 6) is -2.30. The van der Waals surface area contributed by atoms with Crippen LogP contribution in [0.4, 0.5) is 8.78 Å². The predicted molar refractivity (Wildman–Crippen MR) is 261 cm³/mol. The van der Waals surface area contributed by atoms with Crippen LogP contribution in [0.1, 0.15) is 114 Å². The lowest BCUT2D eigenvalue weighted by Crippen LogP contribution is -2.37. The van der Waals surface area contributed by atoms with E-state index in [0.29, 0.717) is 9.94 Å². The van der Waals surface area contributed by atoms with Crippen LogP contribution in [0.3, 0.4) is 0 Å². The van der Waals surface area contributed by atoms with Crippen molar-refractivity contribution in [3.8, 4) is 11.1 Å². The predicted octanol–water partition coefficient (Wildman–Crippen LogP) is 10.1. The third kappa shape index (κ3) is 17.3. The number of carbonyl (C=O) groups is 2. The third-order valence-corrected chi connectivity index (χ3v) is 13.6. The maximum Gasteiger partial charge on any atom is 0.488 e. The van der Waals surface area contributed by atoms with Gasteiger partial charge in [-0.1, -0.05) is 86.7 Å². The summed E-state index contributed by atoms with van der Waals surface area (Å²) >= 11 is 15.4. The third-order valence-electron chi connectivity index (χ3n) is 9.36. The molecule has 0 saturated heterocycles. The molecule has 0 aromatic heterocycles. The molecule has 4 atom stereocenters. The van der Waals surface area contributed by atoms with E-state index in [9.17, 15) is 22.4 Å². The second-order valence-corrected chi connectivity index (χ2v) is 22.4. The molecule has 0 aliphatic rings. The number of esters is 2. The van der Waals surface area contributed by atoms with Gasteiger partial charge in [0.15, 0.2) is 0 Å². The van der Waals surface area contributed by atoms with E-state index >= 15 is 4.39 Å². The Kier molecular flexibility index (Phi) is 23.0. The Balaban J connectivity index is 0.000000364. The van der Waals surface area contributed by atoms with Crippen LogP contribution in [0.5, 0.6) is 0 Å². The average Bonchev–Trinajstić information content (AvgIpc) is 3.16. The highest BCUT2D eigenvalue weighted by atomic mass is 79.9. The van der Waals surface area contributed by atoms with Crippen LogP contribution in [0.2, 0.25) is 10.0 Å². The van der Waals surface area contributed by atoms with Gasteiger partial charge in [-0.15, -0.1) is 0 Å². The molecule has 0 unspecified atom stereocenters. The first-order chi connectivity index (χ1) is 29.6. The van der Waals surface area contributed by atoms with Gasteiger partial charge in [0, 0.05) is 15.6 Å². The SMILES string of the molecule is CCOC(=O)C[C@H](N[S@](=O)C(C)(C)C)c1cc(-c2c(C)cccc2C)cc(Cl)c1F.CCOC(=O)C[C@H](N[S@](=O)C(C)(C)C)c1cc(Br)cc(Cl)c1F.Cc1cccc(C)c1B(O)O. The van der Waals surface area contributed by atoms with Crippen molar-refractivity contribution in [2.24, 2.45) is 0 Å². The Labute approximate surface area is 401 Å². The van der Waals surface area contributed by atoms with E-state index in [0.717, 1.165) is 33.4 Å². The summed E-state index contributed by atoms with van der Waals surface area (Å²) in [5, 5.41) is 17.8. The molecule has 0 amide bonds. The normalized spacial score (nSPS) is 13.3. The lowest BCUT2D eigenvalue weighted by atomic mass is 9.74. The average molecular weight is 1030 g/mol. The first-order valence-corrected chi connectivity index (χ1v) is 24.3. The molecule has 0 aliphatic heterocycles. The Morgan fingerprint density at radius 3 is 1.44 bits per heavy atom. The zero-order chi connectivity index (χ0) is 48.9. The van der Waals surface area contributed by atoms with E-state index in [1.54, 1.807) is 67.5 Å². The maximum atomic E-state index is 15.1. The molecular weight excluding hydrogens is 972 g/mol. The fourth-order valence-electron chi connectivity index (χ4n) is 6.16. The summed E-state index contributed by atoms with van der Waals surface area (Å²) in [6, 6.07) is 16.0. The Morgan fingerprint density at radius 1 is 0.703 bits per heavy atom. The zero-order valence-electron chi connectivity index (χ0n) is 38.4. The molecule has 64 heavy (non-hydrogen) atoms. The molecule has 0 saturated carbocycles. The van der Waals surface area contributed by atoms with Crippen LogP contribution < -0.4 is 14.9 Å². The van der Waals surface area contributed by atoms with Crippen molar-refractivity contribution in [3.05, 3.63) is 120 Å². The van der Waals surface area contributed by atoms with E-state index in [1.165, 1.54) is 12.1 Å². The molecule has 4 aromatic rings. The summed E-state index contributed by atoms with van der Waals surface area (Å²) in [6.45, 7) is 22.2. The Hall–Kier alpha value is -3.06. The summed E-state index contributed by atoms with van der Waals surface area (Å²) in [4.78, 5) is 24.0. The molecule has 10 nitrogen and oxygen atoms in total. The standard InChI is InChI=1S/C23H29ClFNO3S.C15H20BrClFNO3S.C8H11BO2/c1-7-29-20(27)13-19(26-30(28)23(4,5)6)17-11-16(12-18(24)22(17)25)21-14(2)9-8-10-15(21)3;1-5-22-13(20)8-12(19-23(21)15(2,3)4)10-6-9(16)7-11(17)14(10)18;1-6-4-3-5-7(2)8(6)9(10)11/h8-12,19,26H,7,13H2,1-6H3;6-7,12,19H,5,8H2,1-4H3;3-5,10-11H,1-2H3/t19-,30+;12-,23+;/m00./s1. The van der Waals surface area contributed by atoms with Crippen LogP contribution in [-0.2, 0) is 41.0 Å². The van der Waals surface area contributed by atoms with E-state index in [1.807, 2.05) is 64.1 Å². The quantitative estimate of drug-likeness (QED) is 0.0554. The van der Waals surface area contributed by atoms with Crippen LogP contribution in [0.15, 0.2) is 65.1 Å². The van der Waals surface area contributed by atoms with Gasteiger partial charge in [-0.25, -0.2) is 26.6 Å². The number of rotatable bonds is 14. The number of ether oxygens (including phenoxy) is 2. The molecule has 4 aromatic carbocycles. The lowest BCUT2D eigenvalue weighted by molar-refractivity contribution is -0.144. The van der Waals surface area contributed by atoms with Gasteiger partial charge in [-0.05, 0) is 135 Å². The number of nitrogens with one attached hydrogen (secondary N) is 2. The van der Waals surface area contributed by atoms with Crippen molar-refractivity contribution in [3.63, 3.8) is 0 Å².